The van der Waals surface area contributed by atoms with Crippen molar-refractivity contribution >= 4 is 21.7 Å². The molecule has 1 fully saturated rings. The minimum Gasteiger partial charge on any atom is -0.337 e. The van der Waals surface area contributed by atoms with Crippen LogP contribution in [-0.2, 0) is 9.84 Å². The van der Waals surface area contributed by atoms with Gasteiger partial charge in [-0.25, -0.2) is 12.8 Å². The molecule has 0 unspecified atom stereocenters. The number of rotatable bonds is 3. The van der Waals surface area contributed by atoms with Crippen molar-refractivity contribution in [1.82, 2.24) is 9.80 Å². The van der Waals surface area contributed by atoms with Crippen molar-refractivity contribution in [1.29, 1.82) is 0 Å². The van der Waals surface area contributed by atoms with E-state index >= 15 is 0 Å². The number of carbonyl (C=O) groups is 2. The van der Waals surface area contributed by atoms with Gasteiger partial charge in [0.1, 0.15) is 5.82 Å². The van der Waals surface area contributed by atoms with Crippen molar-refractivity contribution in [3.05, 3.63) is 65.5 Å². The molecular weight excluding hydrogens is 383 g/mol. The van der Waals surface area contributed by atoms with E-state index in [1.807, 2.05) is 0 Å². The Morgan fingerprint density at radius 2 is 1.43 bits per heavy atom. The average Bonchev–Trinajstić information content (AvgIpc) is 2.93. The normalized spacial score (nSPS) is 15.2. The quantitative estimate of drug-likeness (QED) is 0.786. The lowest BCUT2D eigenvalue weighted by atomic mass is 10.2. The summed E-state index contributed by atoms with van der Waals surface area (Å²) in [6.45, 7) is 1.53. The van der Waals surface area contributed by atoms with Crippen LogP contribution >= 0.6 is 0 Å². The minimum atomic E-state index is -3.32. The summed E-state index contributed by atoms with van der Waals surface area (Å²) in [5.74, 6) is -1.17. The molecule has 1 aliphatic heterocycles. The molecule has 0 saturated carbocycles. The second-order valence-corrected chi connectivity index (χ2v) is 8.73. The van der Waals surface area contributed by atoms with Gasteiger partial charge in [0.15, 0.2) is 9.84 Å². The lowest BCUT2D eigenvalue weighted by Gasteiger charge is -2.22. The zero-order valence-electron chi connectivity index (χ0n) is 15.5. The molecule has 1 aliphatic rings. The number of halogens is 1. The molecule has 2 amide bonds. The fraction of sp³-hybridized carbons (Fsp3) is 0.300. The van der Waals surface area contributed by atoms with Gasteiger partial charge in [0, 0.05) is 38.0 Å². The Labute approximate surface area is 163 Å². The van der Waals surface area contributed by atoms with Gasteiger partial charge in [0.25, 0.3) is 11.8 Å². The van der Waals surface area contributed by atoms with Crippen LogP contribution in [0.5, 0.6) is 0 Å². The van der Waals surface area contributed by atoms with Crippen molar-refractivity contribution in [2.75, 3.05) is 32.4 Å². The maximum Gasteiger partial charge on any atom is 0.256 e. The highest BCUT2D eigenvalue weighted by atomic mass is 32.2. The van der Waals surface area contributed by atoms with Crippen LogP contribution in [0.15, 0.2) is 53.4 Å². The minimum absolute atomic E-state index is 0.0265. The lowest BCUT2D eigenvalue weighted by Crippen LogP contribution is -2.37. The van der Waals surface area contributed by atoms with E-state index in [4.69, 9.17) is 0 Å². The Balaban J connectivity index is 1.69. The summed E-state index contributed by atoms with van der Waals surface area (Å²) < 4.78 is 37.0. The van der Waals surface area contributed by atoms with Gasteiger partial charge in [-0.1, -0.05) is 12.1 Å². The van der Waals surface area contributed by atoms with Crippen molar-refractivity contribution in [2.45, 2.75) is 11.3 Å². The van der Waals surface area contributed by atoms with Crippen LogP contribution in [0.1, 0.15) is 27.1 Å². The zero-order chi connectivity index (χ0) is 20.3. The third kappa shape index (κ3) is 4.39. The van der Waals surface area contributed by atoms with E-state index in [9.17, 15) is 22.4 Å². The third-order valence-corrected chi connectivity index (χ3v) is 5.83. The first-order valence-electron chi connectivity index (χ1n) is 8.90. The molecule has 2 aromatic rings. The van der Waals surface area contributed by atoms with Crippen LogP contribution in [0, 0.1) is 5.82 Å². The lowest BCUT2D eigenvalue weighted by molar-refractivity contribution is 0.0716. The highest BCUT2D eigenvalue weighted by Crippen LogP contribution is 2.16. The molecule has 28 heavy (non-hydrogen) atoms. The topological polar surface area (TPSA) is 74.8 Å². The van der Waals surface area contributed by atoms with E-state index in [-0.39, 0.29) is 22.3 Å². The number of carbonyl (C=O) groups excluding carboxylic acids is 2. The number of hydrogen-bond donors (Lipinski definition) is 0. The molecule has 1 heterocycles. The van der Waals surface area contributed by atoms with E-state index in [0.717, 1.165) is 6.26 Å². The second-order valence-electron chi connectivity index (χ2n) is 6.71. The summed E-state index contributed by atoms with van der Waals surface area (Å²) in [6.07, 6.45) is 1.69. The van der Waals surface area contributed by atoms with E-state index in [2.05, 4.69) is 0 Å². The smallest absolute Gasteiger partial charge is 0.256 e. The van der Waals surface area contributed by atoms with Crippen molar-refractivity contribution in [3.8, 4) is 0 Å². The Morgan fingerprint density at radius 3 is 2.00 bits per heavy atom. The molecule has 0 atom stereocenters. The third-order valence-electron chi connectivity index (χ3n) is 4.70. The first-order chi connectivity index (χ1) is 13.3. The number of amides is 2. The van der Waals surface area contributed by atoms with Crippen LogP contribution in [0.4, 0.5) is 4.39 Å². The second kappa shape index (κ2) is 8.10. The molecule has 0 aromatic heterocycles. The van der Waals surface area contributed by atoms with E-state index in [1.165, 1.54) is 42.5 Å². The fourth-order valence-corrected chi connectivity index (χ4v) is 3.79. The zero-order valence-corrected chi connectivity index (χ0v) is 16.3. The molecule has 148 valence electrons. The monoisotopic (exact) mass is 404 g/mol. The molecule has 0 radical (unpaired) electrons. The Bertz CT molecular complexity index is 990. The van der Waals surface area contributed by atoms with Gasteiger partial charge in [-0.2, -0.15) is 0 Å². The van der Waals surface area contributed by atoms with Gasteiger partial charge in [-0.15, -0.1) is 0 Å². The highest BCUT2D eigenvalue weighted by Gasteiger charge is 2.25. The molecular formula is C20H21FN2O4S. The maximum absolute atomic E-state index is 13.9. The molecule has 1 saturated heterocycles. The number of hydrogen-bond acceptors (Lipinski definition) is 4. The molecule has 2 aromatic carbocycles. The van der Waals surface area contributed by atoms with Gasteiger partial charge < -0.3 is 9.80 Å². The first kappa shape index (κ1) is 20.0. The Hall–Kier alpha value is -2.74. The van der Waals surface area contributed by atoms with Crippen LogP contribution in [0.2, 0.25) is 0 Å². The maximum atomic E-state index is 13.9. The van der Waals surface area contributed by atoms with Crippen LogP contribution in [0.3, 0.4) is 0 Å². The highest BCUT2D eigenvalue weighted by molar-refractivity contribution is 7.90. The predicted molar refractivity (Wildman–Crippen MR) is 102 cm³/mol. The SMILES string of the molecule is CS(=O)(=O)c1ccc(C(=O)N2CCCN(C(=O)c3ccccc3F)CC2)cc1. The molecule has 3 rings (SSSR count). The standard InChI is InChI=1S/C20H21FN2O4S/c1-28(26,27)16-9-7-15(8-10-16)19(24)22-11-4-12-23(14-13-22)20(25)17-5-2-3-6-18(17)21/h2-3,5-10H,4,11-14H2,1H3. The van der Waals surface area contributed by atoms with Gasteiger partial charge in [-0.3, -0.25) is 9.59 Å². The van der Waals surface area contributed by atoms with E-state index < -0.39 is 15.7 Å². The van der Waals surface area contributed by atoms with Crippen molar-refractivity contribution in [2.24, 2.45) is 0 Å². The fourth-order valence-electron chi connectivity index (χ4n) is 3.16. The van der Waals surface area contributed by atoms with Gasteiger partial charge >= 0.3 is 0 Å². The van der Waals surface area contributed by atoms with Gasteiger partial charge in [-0.05, 0) is 42.8 Å². The van der Waals surface area contributed by atoms with E-state index in [1.54, 1.807) is 15.9 Å². The van der Waals surface area contributed by atoms with Crippen molar-refractivity contribution in [3.63, 3.8) is 0 Å². The average molecular weight is 404 g/mol. The molecule has 0 spiro atoms. The summed E-state index contributed by atoms with van der Waals surface area (Å²) in [4.78, 5) is 28.6. The molecule has 0 bridgehead atoms. The number of sulfone groups is 1. The Kier molecular flexibility index (Phi) is 5.79. The molecule has 8 heteroatoms. The summed E-state index contributed by atoms with van der Waals surface area (Å²) in [5.41, 5.74) is 0.417. The molecule has 0 aliphatic carbocycles. The summed E-state index contributed by atoms with van der Waals surface area (Å²) in [5, 5.41) is 0. The van der Waals surface area contributed by atoms with Crippen LogP contribution < -0.4 is 0 Å². The summed E-state index contributed by atoms with van der Waals surface area (Å²) >= 11 is 0. The van der Waals surface area contributed by atoms with Crippen molar-refractivity contribution < 1.29 is 22.4 Å². The first-order valence-corrected chi connectivity index (χ1v) is 10.8. The molecule has 6 nitrogen and oxygen atoms in total. The van der Waals surface area contributed by atoms with E-state index in [0.29, 0.717) is 38.2 Å². The van der Waals surface area contributed by atoms with Crippen LogP contribution in [-0.4, -0.2) is 62.5 Å². The summed E-state index contributed by atoms with van der Waals surface area (Å²) in [6, 6.07) is 11.7. The summed E-state index contributed by atoms with van der Waals surface area (Å²) in [7, 11) is -3.32. The van der Waals surface area contributed by atoms with Crippen LogP contribution in [0.25, 0.3) is 0 Å². The number of nitrogens with zero attached hydrogens (tertiary/aromatic N) is 2. The largest absolute Gasteiger partial charge is 0.337 e. The number of benzene rings is 2. The predicted octanol–water partition coefficient (Wildman–Crippen LogP) is 2.22. The Morgan fingerprint density at radius 1 is 0.857 bits per heavy atom. The van der Waals surface area contributed by atoms with Gasteiger partial charge in [0.2, 0.25) is 0 Å². The molecule has 0 N–H and O–H groups in total. The van der Waals surface area contributed by atoms with Gasteiger partial charge in [0.05, 0.1) is 10.5 Å².